The molecule has 1 aromatic heterocycles. The summed E-state index contributed by atoms with van der Waals surface area (Å²) in [4.78, 5) is 27.3. The number of nitrogens with one attached hydrogen (secondary N) is 2. The summed E-state index contributed by atoms with van der Waals surface area (Å²) in [6.45, 7) is 4.66. The number of fused-ring (bicyclic) bond motifs is 1. The van der Waals surface area contributed by atoms with E-state index >= 15 is 4.39 Å². The van der Waals surface area contributed by atoms with Crippen molar-refractivity contribution in [2.75, 3.05) is 6.54 Å². The number of Topliss-reactive ketones (excluding diaryl/α,β-unsaturated/α-hetero) is 1. The van der Waals surface area contributed by atoms with Gasteiger partial charge in [0.05, 0.1) is 6.04 Å². The lowest BCUT2D eigenvalue weighted by atomic mass is 9.87. The molecule has 1 saturated heterocycles. The number of benzene rings is 3. The van der Waals surface area contributed by atoms with E-state index in [9.17, 15) is 9.59 Å². The molecule has 196 valence electrons. The monoisotopic (exact) mass is 511 g/mol. The third-order valence-electron chi connectivity index (χ3n) is 7.59. The van der Waals surface area contributed by atoms with E-state index in [1.807, 2.05) is 92.2 Å². The molecule has 0 bridgehead atoms. The smallest absolute Gasteiger partial charge is 0.237 e. The van der Waals surface area contributed by atoms with Crippen molar-refractivity contribution in [2.24, 2.45) is 7.05 Å². The summed E-state index contributed by atoms with van der Waals surface area (Å²) in [6.07, 6.45) is 1.72. The number of hydrogen-bond acceptors (Lipinski definition) is 3. The lowest BCUT2D eigenvalue weighted by molar-refractivity contribution is -0.128. The Bertz CT molecular complexity index is 1470. The van der Waals surface area contributed by atoms with Crippen LogP contribution >= 0.6 is 0 Å². The average Bonchev–Trinajstić information content (AvgIpc) is 3.56. The highest BCUT2D eigenvalue weighted by atomic mass is 19.1. The summed E-state index contributed by atoms with van der Waals surface area (Å²) in [5.41, 5.74) is 3.98. The normalized spacial score (nSPS) is 16.2. The molecule has 1 aliphatic rings. The summed E-state index contributed by atoms with van der Waals surface area (Å²) in [7, 11) is 1.94. The molecule has 1 amide bonds. The van der Waals surface area contributed by atoms with E-state index < -0.39 is 6.04 Å². The van der Waals surface area contributed by atoms with Crippen LogP contribution in [0.5, 0.6) is 0 Å². The van der Waals surface area contributed by atoms with E-state index in [1.165, 1.54) is 0 Å². The minimum Gasteiger partial charge on any atom is -0.347 e. The van der Waals surface area contributed by atoms with E-state index in [4.69, 9.17) is 0 Å². The number of para-hydroxylation sites is 1. The molecule has 4 aromatic rings. The number of rotatable bonds is 8. The molecule has 6 heteroatoms. The van der Waals surface area contributed by atoms with Crippen LogP contribution in [0.25, 0.3) is 22.0 Å². The van der Waals surface area contributed by atoms with Crippen molar-refractivity contribution >= 4 is 22.6 Å². The van der Waals surface area contributed by atoms with Crippen molar-refractivity contribution in [3.63, 3.8) is 0 Å². The van der Waals surface area contributed by atoms with Gasteiger partial charge in [0, 0.05) is 30.2 Å². The number of carbonyl (C=O) groups is 2. The maximum atomic E-state index is 16.1. The number of nitrogens with zero attached hydrogens (tertiary/aromatic N) is 1. The fourth-order valence-corrected chi connectivity index (χ4v) is 5.47. The molecule has 0 aliphatic carbocycles. The quantitative estimate of drug-likeness (QED) is 0.313. The second kappa shape index (κ2) is 10.9. The zero-order valence-electron chi connectivity index (χ0n) is 22.1. The molecule has 0 saturated carbocycles. The lowest BCUT2D eigenvalue weighted by Crippen LogP contribution is -2.44. The number of halogens is 1. The summed E-state index contributed by atoms with van der Waals surface area (Å²) < 4.78 is 18.1. The van der Waals surface area contributed by atoms with Crippen LogP contribution in [0.1, 0.15) is 55.5 Å². The minimum absolute atomic E-state index is 0.0336. The van der Waals surface area contributed by atoms with Gasteiger partial charge in [-0.1, -0.05) is 74.5 Å². The van der Waals surface area contributed by atoms with Crippen LogP contribution in [0, 0.1) is 5.82 Å². The van der Waals surface area contributed by atoms with Crippen LogP contribution in [0.2, 0.25) is 0 Å². The summed E-state index contributed by atoms with van der Waals surface area (Å²) in [5.74, 6) is -0.797. The Morgan fingerprint density at radius 2 is 1.74 bits per heavy atom. The van der Waals surface area contributed by atoms with Crippen molar-refractivity contribution in [2.45, 2.75) is 51.1 Å². The molecule has 38 heavy (non-hydrogen) atoms. The highest BCUT2D eigenvalue weighted by Crippen LogP contribution is 2.36. The number of amides is 1. The van der Waals surface area contributed by atoms with Crippen LogP contribution in [-0.2, 0) is 23.1 Å². The fourth-order valence-electron chi connectivity index (χ4n) is 5.47. The third kappa shape index (κ3) is 5.01. The van der Waals surface area contributed by atoms with Gasteiger partial charge in [-0.3, -0.25) is 9.59 Å². The van der Waals surface area contributed by atoms with Gasteiger partial charge >= 0.3 is 0 Å². The Morgan fingerprint density at radius 1 is 1.03 bits per heavy atom. The molecule has 5 rings (SSSR count). The van der Waals surface area contributed by atoms with Gasteiger partial charge < -0.3 is 15.2 Å². The molecule has 2 unspecified atom stereocenters. The first-order valence-electron chi connectivity index (χ1n) is 13.3. The largest absolute Gasteiger partial charge is 0.347 e. The van der Waals surface area contributed by atoms with E-state index in [1.54, 1.807) is 6.07 Å². The van der Waals surface area contributed by atoms with E-state index in [2.05, 4.69) is 10.6 Å². The molecule has 0 radical (unpaired) electrons. The molecule has 1 aliphatic heterocycles. The predicted molar refractivity (Wildman–Crippen MR) is 149 cm³/mol. The van der Waals surface area contributed by atoms with Crippen molar-refractivity contribution in [1.29, 1.82) is 0 Å². The number of carbonyl (C=O) groups excluding carboxylic acids is 2. The predicted octanol–water partition coefficient (Wildman–Crippen LogP) is 5.83. The third-order valence-corrected chi connectivity index (χ3v) is 7.59. The molecule has 2 atom stereocenters. The number of ketones is 1. The summed E-state index contributed by atoms with van der Waals surface area (Å²) in [6, 6.07) is 21.5. The molecule has 3 aromatic carbocycles. The fraction of sp³-hybridized carbons (Fsp3) is 0.312. The molecular formula is C32H34FN3O2. The maximum absolute atomic E-state index is 16.1. The Kier molecular flexibility index (Phi) is 7.43. The highest BCUT2D eigenvalue weighted by molar-refractivity contribution is 5.95. The second-order valence-corrected chi connectivity index (χ2v) is 10.4. The summed E-state index contributed by atoms with van der Waals surface area (Å²) in [5, 5.41) is 7.26. The van der Waals surface area contributed by atoms with Gasteiger partial charge in [-0.25, -0.2) is 4.39 Å². The first-order chi connectivity index (χ1) is 18.3. The lowest BCUT2D eigenvalue weighted by Gasteiger charge is -2.25. The Labute approximate surface area is 223 Å². The highest BCUT2D eigenvalue weighted by Gasteiger charge is 2.32. The van der Waals surface area contributed by atoms with Crippen LogP contribution in [-0.4, -0.2) is 28.8 Å². The molecule has 2 N–H and O–H groups in total. The second-order valence-electron chi connectivity index (χ2n) is 10.4. The molecular weight excluding hydrogens is 477 g/mol. The van der Waals surface area contributed by atoms with Gasteiger partial charge in [0.25, 0.3) is 0 Å². The molecule has 1 fully saturated rings. The maximum Gasteiger partial charge on any atom is 0.237 e. The van der Waals surface area contributed by atoms with Crippen LogP contribution < -0.4 is 10.6 Å². The van der Waals surface area contributed by atoms with Crippen LogP contribution in [0.15, 0.2) is 72.8 Å². The zero-order valence-corrected chi connectivity index (χ0v) is 22.1. The minimum atomic E-state index is -0.992. The van der Waals surface area contributed by atoms with E-state index in [0.717, 1.165) is 29.6 Å². The number of aryl methyl sites for hydroxylation is 1. The molecule has 0 spiro atoms. The van der Waals surface area contributed by atoms with Crippen molar-refractivity contribution in [3.05, 3.63) is 95.4 Å². The molecule has 5 nitrogen and oxygen atoms in total. The number of aromatic nitrogens is 1. The molecule has 2 heterocycles. The first-order valence-corrected chi connectivity index (χ1v) is 13.3. The Hall–Kier alpha value is -3.77. The van der Waals surface area contributed by atoms with E-state index in [-0.39, 0.29) is 35.9 Å². The van der Waals surface area contributed by atoms with Crippen LogP contribution in [0.4, 0.5) is 4.39 Å². The van der Waals surface area contributed by atoms with Crippen molar-refractivity contribution < 1.29 is 14.0 Å². The van der Waals surface area contributed by atoms with Gasteiger partial charge in [0.15, 0.2) is 5.78 Å². The zero-order chi connectivity index (χ0) is 26.8. The van der Waals surface area contributed by atoms with Gasteiger partial charge in [-0.2, -0.15) is 0 Å². The van der Waals surface area contributed by atoms with Crippen molar-refractivity contribution in [1.82, 2.24) is 15.2 Å². The van der Waals surface area contributed by atoms with Crippen LogP contribution in [0.3, 0.4) is 0 Å². The average molecular weight is 512 g/mol. The van der Waals surface area contributed by atoms with E-state index in [0.29, 0.717) is 28.7 Å². The number of hydrogen-bond donors (Lipinski definition) is 2. The standard InChI is InChI=1S/C32H34FN3O2/c1-20(2)24-15-16-25(29(30(24)33)21-10-5-4-6-11-21)31(35-32(38)26-13-9-17-34-26)28(37)19-23-18-22-12-7-8-14-27(22)36(23)3/h4-8,10-12,14-16,18,20,26,31,34H,9,13,17,19H2,1-3H3,(H,35,38). The Balaban J connectivity index is 1.60. The topological polar surface area (TPSA) is 63.1 Å². The first kappa shape index (κ1) is 25.9. The van der Waals surface area contributed by atoms with Gasteiger partial charge in [-0.05, 0) is 59.5 Å². The SMILES string of the molecule is CC(C)c1ccc(C(NC(=O)C2CCCN2)C(=O)Cc2cc3ccccc3n2C)c(-c2ccccc2)c1F. The van der Waals surface area contributed by atoms with Crippen molar-refractivity contribution in [3.8, 4) is 11.1 Å². The van der Waals surface area contributed by atoms with Gasteiger partial charge in [-0.15, -0.1) is 0 Å². The summed E-state index contributed by atoms with van der Waals surface area (Å²) >= 11 is 0. The Morgan fingerprint density at radius 3 is 2.42 bits per heavy atom. The van der Waals surface area contributed by atoms with Gasteiger partial charge in [0.1, 0.15) is 11.9 Å². The van der Waals surface area contributed by atoms with Gasteiger partial charge in [0.2, 0.25) is 5.91 Å².